The fraction of sp³-hybridized carbons (Fsp3) is 0.263. The number of rotatable bonds is 1. The first kappa shape index (κ1) is 15.8. The van der Waals surface area contributed by atoms with Crippen LogP contribution in [0, 0.1) is 0 Å². The Hall–Kier alpha value is -1.68. The molecule has 2 aromatic carbocycles. The lowest BCUT2D eigenvalue weighted by Crippen LogP contribution is -2.31. The van der Waals surface area contributed by atoms with Crippen molar-refractivity contribution in [1.82, 2.24) is 4.90 Å². The van der Waals surface area contributed by atoms with Crippen LogP contribution < -0.4 is 9.64 Å². The van der Waals surface area contributed by atoms with E-state index in [1.54, 1.807) is 0 Å². The molecule has 0 N–H and O–H groups in total. The van der Waals surface area contributed by atoms with Crippen LogP contribution in [0.15, 0.2) is 48.2 Å². The first-order valence-electron chi connectivity index (χ1n) is 8.01. The van der Waals surface area contributed by atoms with Crippen LogP contribution in [0.4, 0.5) is 5.69 Å². The SMILES string of the molecule is CN1CC=C(N2Cc3cc(Cl)ccc3Oc3ccc(Cl)cc32)CC1. The maximum atomic E-state index is 6.26. The van der Waals surface area contributed by atoms with Gasteiger partial charge in [0.1, 0.15) is 5.75 Å². The van der Waals surface area contributed by atoms with Gasteiger partial charge in [0, 0.05) is 40.8 Å². The number of halogens is 2. The molecule has 0 fully saturated rings. The van der Waals surface area contributed by atoms with Crippen LogP contribution >= 0.6 is 23.2 Å². The lowest BCUT2D eigenvalue weighted by Gasteiger charge is -2.31. The summed E-state index contributed by atoms with van der Waals surface area (Å²) < 4.78 is 6.16. The summed E-state index contributed by atoms with van der Waals surface area (Å²) in [6, 6.07) is 11.5. The molecular formula is C19H18Cl2N2O. The summed E-state index contributed by atoms with van der Waals surface area (Å²) in [4.78, 5) is 4.61. The lowest BCUT2D eigenvalue weighted by atomic mass is 10.1. The van der Waals surface area contributed by atoms with Crippen LogP contribution in [0.1, 0.15) is 12.0 Å². The Morgan fingerprint density at radius 2 is 1.75 bits per heavy atom. The van der Waals surface area contributed by atoms with Gasteiger partial charge in [0.05, 0.1) is 12.2 Å². The van der Waals surface area contributed by atoms with Crippen LogP contribution in [-0.4, -0.2) is 25.0 Å². The molecule has 4 rings (SSSR count). The average Bonchev–Trinajstić information content (AvgIpc) is 2.72. The monoisotopic (exact) mass is 360 g/mol. The fourth-order valence-corrected chi connectivity index (χ4v) is 3.56. The van der Waals surface area contributed by atoms with Crippen molar-refractivity contribution in [1.29, 1.82) is 0 Å². The van der Waals surface area contributed by atoms with Gasteiger partial charge in [-0.3, -0.25) is 0 Å². The molecule has 2 heterocycles. The number of fused-ring (bicyclic) bond motifs is 2. The smallest absolute Gasteiger partial charge is 0.151 e. The van der Waals surface area contributed by atoms with E-state index in [9.17, 15) is 0 Å². The largest absolute Gasteiger partial charge is 0.455 e. The van der Waals surface area contributed by atoms with Gasteiger partial charge in [0.25, 0.3) is 0 Å². The number of benzene rings is 2. The first-order chi connectivity index (χ1) is 11.6. The summed E-state index contributed by atoms with van der Waals surface area (Å²) in [5, 5.41) is 1.43. The van der Waals surface area contributed by atoms with Crippen molar-refractivity contribution in [3.8, 4) is 11.5 Å². The Bertz CT molecular complexity index is 819. The van der Waals surface area contributed by atoms with Crippen molar-refractivity contribution in [2.75, 3.05) is 25.0 Å². The van der Waals surface area contributed by atoms with E-state index in [0.29, 0.717) is 5.02 Å². The third-order valence-electron chi connectivity index (χ3n) is 4.52. The van der Waals surface area contributed by atoms with Crippen LogP contribution in [0.3, 0.4) is 0 Å². The van der Waals surface area contributed by atoms with E-state index < -0.39 is 0 Å². The predicted molar refractivity (Wildman–Crippen MR) is 99.4 cm³/mol. The Labute approximate surface area is 152 Å². The van der Waals surface area contributed by atoms with E-state index in [2.05, 4.69) is 22.9 Å². The minimum Gasteiger partial charge on any atom is -0.455 e. The van der Waals surface area contributed by atoms with Crippen molar-refractivity contribution in [3.63, 3.8) is 0 Å². The third-order valence-corrected chi connectivity index (χ3v) is 4.99. The minimum absolute atomic E-state index is 0.708. The number of hydrogen-bond donors (Lipinski definition) is 0. The van der Waals surface area contributed by atoms with E-state index in [1.807, 2.05) is 36.4 Å². The molecule has 0 radical (unpaired) electrons. The highest BCUT2D eigenvalue weighted by Gasteiger charge is 2.25. The molecule has 0 aromatic heterocycles. The van der Waals surface area contributed by atoms with Gasteiger partial charge in [-0.05, 0) is 43.4 Å². The summed E-state index contributed by atoms with van der Waals surface area (Å²) in [7, 11) is 2.14. The first-order valence-corrected chi connectivity index (χ1v) is 8.77. The molecule has 0 saturated carbocycles. The molecule has 2 aliphatic rings. The molecule has 24 heavy (non-hydrogen) atoms. The molecule has 3 nitrogen and oxygen atoms in total. The van der Waals surface area contributed by atoms with E-state index in [4.69, 9.17) is 27.9 Å². The normalized spacial score (nSPS) is 17.5. The topological polar surface area (TPSA) is 15.7 Å². The zero-order valence-corrected chi connectivity index (χ0v) is 14.9. The molecule has 2 aromatic rings. The molecule has 0 saturated heterocycles. The van der Waals surface area contributed by atoms with Crippen LogP contribution in [-0.2, 0) is 6.54 Å². The molecule has 0 aliphatic carbocycles. The molecular weight excluding hydrogens is 343 g/mol. The molecule has 0 atom stereocenters. The Morgan fingerprint density at radius 3 is 2.50 bits per heavy atom. The zero-order valence-electron chi connectivity index (χ0n) is 13.4. The highest BCUT2D eigenvalue weighted by molar-refractivity contribution is 6.31. The quantitative estimate of drug-likeness (QED) is 0.683. The number of ether oxygens (including phenoxy) is 1. The standard InChI is InChI=1S/C19H18Cl2N2O/c1-22-8-6-16(7-9-22)23-12-13-10-14(20)2-4-18(13)24-19-5-3-15(21)11-17(19)23/h2-6,10-11H,7-9,12H2,1H3. The molecule has 0 spiro atoms. The molecule has 0 unspecified atom stereocenters. The van der Waals surface area contributed by atoms with Gasteiger partial charge in [-0.25, -0.2) is 0 Å². The summed E-state index contributed by atoms with van der Waals surface area (Å²) in [6.45, 7) is 2.71. The highest BCUT2D eigenvalue weighted by Crippen LogP contribution is 2.43. The summed E-state index contributed by atoms with van der Waals surface area (Å²) in [5.41, 5.74) is 3.38. The van der Waals surface area contributed by atoms with Crippen LogP contribution in [0.2, 0.25) is 10.0 Å². The van der Waals surface area contributed by atoms with Gasteiger partial charge in [0.2, 0.25) is 0 Å². The second-order valence-electron chi connectivity index (χ2n) is 6.26. The van der Waals surface area contributed by atoms with Gasteiger partial charge in [-0.2, -0.15) is 0 Å². The third kappa shape index (κ3) is 3.00. The minimum atomic E-state index is 0.708. The second-order valence-corrected chi connectivity index (χ2v) is 7.13. The highest BCUT2D eigenvalue weighted by atomic mass is 35.5. The zero-order chi connectivity index (χ0) is 16.7. The number of anilines is 1. The van der Waals surface area contributed by atoms with Crippen LogP contribution in [0.5, 0.6) is 11.5 Å². The number of likely N-dealkylation sites (N-methyl/N-ethyl adjacent to an activating group) is 1. The molecule has 0 bridgehead atoms. The second kappa shape index (κ2) is 6.32. The summed E-state index contributed by atoms with van der Waals surface area (Å²) in [6.07, 6.45) is 3.28. The Balaban J connectivity index is 1.83. The van der Waals surface area contributed by atoms with E-state index in [1.165, 1.54) is 5.70 Å². The van der Waals surface area contributed by atoms with E-state index in [-0.39, 0.29) is 0 Å². The fourth-order valence-electron chi connectivity index (χ4n) is 3.19. The van der Waals surface area contributed by atoms with Gasteiger partial charge in [-0.1, -0.05) is 29.3 Å². The van der Waals surface area contributed by atoms with Gasteiger partial charge in [0.15, 0.2) is 5.75 Å². The van der Waals surface area contributed by atoms with E-state index >= 15 is 0 Å². The van der Waals surface area contributed by atoms with Gasteiger partial charge >= 0.3 is 0 Å². The maximum Gasteiger partial charge on any atom is 0.151 e. The predicted octanol–water partition coefficient (Wildman–Crippen LogP) is 5.33. The van der Waals surface area contributed by atoms with Crippen molar-refractivity contribution in [2.45, 2.75) is 13.0 Å². The van der Waals surface area contributed by atoms with Crippen LogP contribution in [0.25, 0.3) is 0 Å². The molecule has 0 amide bonds. The van der Waals surface area contributed by atoms with Gasteiger partial charge in [-0.15, -0.1) is 0 Å². The summed E-state index contributed by atoms with van der Waals surface area (Å²) >= 11 is 12.5. The Kier molecular flexibility index (Phi) is 4.17. The lowest BCUT2D eigenvalue weighted by molar-refractivity contribution is 0.356. The molecule has 124 valence electrons. The number of hydrogen-bond acceptors (Lipinski definition) is 3. The van der Waals surface area contributed by atoms with Crippen molar-refractivity contribution < 1.29 is 4.74 Å². The van der Waals surface area contributed by atoms with Crippen molar-refractivity contribution in [2.24, 2.45) is 0 Å². The number of nitrogens with zero attached hydrogens (tertiary/aromatic N) is 2. The average molecular weight is 361 g/mol. The molecule has 5 heteroatoms. The van der Waals surface area contributed by atoms with Crippen molar-refractivity contribution >= 4 is 28.9 Å². The summed E-state index contributed by atoms with van der Waals surface area (Å²) in [5.74, 6) is 1.67. The van der Waals surface area contributed by atoms with Gasteiger partial charge < -0.3 is 14.5 Å². The van der Waals surface area contributed by atoms with E-state index in [0.717, 1.165) is 53.8 Å². The molecule has 2 aliphatic heterocycles. The Morgan fingerprint density at radius 1 is 1.00 bits per heavy atom. The van der Waals surface area contributed by atoms with Crippen molar-refractivity contribution in [3.05, 3.63) is 63.8 Å². The maximum absolute atomic E-state index is 6.26.